The van der Waals surface area contributed by atoms with Crippen LogP contribution in [0.15, 0.2) is 60.7 Å². The van der Waals surface area contributed by atoms with Crippen LogP contribution in [-0.2, 0) is 11.2 Å². The fourth-order valence-electron chi connectivity index (χ4n) is 2.89. The lowest BCUT2D eigenvalue weighted by Crippen LogP contribution is -2.50. The van der Waals surface area contributed by atoms with Gasteiger partial charge < -0.3 is 10.6 Å². The van der Waals surface area contributed by atoms with Gasteiger partial charge in [-0.1, -0.05) is 62.4 Å². The molecule has 4 heteroatoms. The van der Waals surface area contributed by atoms with Gasteiger partial charge in [-0.3, -0.25) is 9.59 Å². The van der Waals surface area contributed by atoms with E-state index in [2.05, 4.69) is 24.5 Å². The van der Waals surface area contributed by atoms with Crippen LogP contribution in [-0.4, -0.2) is 23.9 Å². The lowest BCUT2D eigenvalue weighted by molar-refractivity contribution is -0.123. The van der Waals surface area contributed by atoms with E-state index in [1.165, 1.54) is 0 Å². The largest absolute Gasteiger partial charge is 0.352 e. The van der Waals surface area contributed by atoms with Gasteiger partial charge in [-0.15, -0.1) is 0 Å². The highest BCUT2D eigenvalue weighted by Gasteiger charge is 2.23. The Labute approximate surface area is 162 Å². The van der Waals surface area contributed by atoms with Gasteiger partial charge in [-0.25, -0.2) is 0 Å². The second-order valence-electron chi connectivity index (χ2n) is 7.46. The third kappa shape index (κ3) is 7.26. The topological polar surface area (TPSA) is 58.2 Å². The van der Waals surface area contributed by atoms with Gasteiger partial charge in [0, 0.05) is 18.0 Å². The van der Waals surface area contributed by atoms with Crippen molar-refractivity contribution < 1.29 is 9.59 Å². The number of rotatable bonds is 9. The fraction of sp³-hybridized carbons (Fsp3) is 0.391. The van der Waals surface area contributed by atoms with E-state index in [0.29, 0.717) is 17.9 Å². The minimum absolute atomic E-state index is 0.0757. The Morgan fingerprint density at radius 1 is 0.815 bits per heavy atom. The lowest BCUT2D eigenvalue weighted by Gasteiger charge is -2.22. The number of nitrogens with one attached hydrogen (secondary N) is 2. The van der Waals surface area contributed by atoms with E-state index in [9.17, 15) is 9.59 Å². The maximum Gasteiger partial charge on any atom is 0.251 e. The summed E-state index contributed by atoms with van der Waals surface area (Å²) in [4.78, 5) is 25.4. The number of carbonyl (C=O) groups excluding carboxylic acids is 2. The zero-order valence-electron chi connectivity index (χ0n) is 16.4. The van der Waals surface area contributed by atoms with Crippen LogP contribution >= 0.6 is 0 Å². The second-order valence-corrected chi connectivity index (χ2v) is 7.46. The van der Waals surface area contributed by atoms with E-state index in [-0.39, 0.29) is 17.9 Å². The average molecular weight is 367 g/mol. The van der Waals surface area contributed by atoms with Crippen molar-refractivity contribution in [2.24, 2.45) is 5.92 Å². The van der Waals surface area contributed by atoms with Gasteiger partial charge in [0.05, 0.1) is 0 Å². The number of hydrogen-bond donors (Lipinski definition) is 2. The summed E-state index contributed by atoms with van der Waals surface area (Å²) in [6, 6.07) is 18.2. The molecule has 0 aliphatic carbocycles. The first kappa shape index (κ1) is 20.7. The van der Waals surface area contributed by atoms with Gasteiger partial charge in [-0.05, 0) is 43.4 Å². The van der Waals surface area contributed by atoms with Gasteiger partial charge in [0.2, 0.25) is 5.91 Å². The molecule has 0 fully saturated rings. The first-order valence-corrected chi connectivity index (χ1v) is 9.66. The molecular weight excluding hydrogens is 336 g/mol. The molecule has 0 aromatic heterocycles. The highest BCUT2D eigenvalue weighted by atomic mass is 16.2. The lowest BCUT2D eigenvalue weighted by atomic mass is 10.0. The Morgan fingerprint density at radius 2 is 1.41 bits per heavy atom. The minimum atomic E-state index is -0.610. The Morgan fingerprint density at radius 3 is 2.00 bits per heavy atom. The Hall–Kier alpha value is -2.62. The van der Waals surface area contributed by atoms with E-state index in [4.69, 9.17) is 0 Å². The van der Waals surface area contributed by atoms with E-state index in [0.717, 1.165) is 18.4 Å². The molecule has 4 nitrogen and oxygen atoms in total. The van der Waals surface area contributed by atoms with Gasteiger partial charge >= 0.3 is 0 Å². The van der Waals surface area contributed by atoms with Crippen molar-refractivity contribution in [1.29, 1.82) is 0 Å². The number of hydrogen-bond acceptors (Lipinski definition) is 2. The zero-order chi connectivity index (χ0) is 19.6. The Bertz CT molecular complexity index is 714. The van der Waals surface area contributed by atoms with Crippen molar-refractivity contribution in [3.05, 3.63) is 71.8 Å². The molecule has 2 aromatic carbocycles. The summed E-state index contributed by atoms with van der Waals surface area (Å²) in [5, 5.41) is 5.96. The van der Waals surface area contributed by atoms with Crippen LogP contribution in [0.25, 0.3) is 0 Å². The van der Waals surface area contributed by atoms with Gasteiger partial charge in [-0.2, -0.15) is 0 Å². The molecule has 0 aliphatic rings. The van der Waals surface area contributed by atoms with Gasteiger partial charge in [0.1, 0.15) is 6.04 Å². The summed E-state index contributed by atoms with van der Waals surface area (Å²) >= 11 is 0. The normalized spacial score (nSPS) is 13.0. The van der Waals surface area contributed by atoms with E-state index < -0.39 is 6.04 Å². The van der Waals surface area contributed by atoms with Crippen LogP contribution in [0.4, 0.5) is 0 Å². The van der Waals surface area contributed by atoms with Crippen molar-refractivity contribution in [2.75, 3.05) is 0 Å². The quantitative estimate of drug-likeness (QED) is 0.705. The first-order valence-electron chi connectivity index (χ1n) is 9.66. The molecule has 0 saturated carbocycles. The minimum Gasteiger partial charge on any atom is -0.352 e. The van der Waals surface area contributed by atoms with E-state index in [1.807, 2.05) is 55.5 Å². The number of benzene rings is 2. The molecule has 2 aromatic rings. The van der Waals surface area contributed by atoms with Crippen molar-refractivity contribution in [3.63, 3.8) is 0 Å². The molecule has 0 aliphatic heterocycles. The highest BCUT2D eigenvalue weighted by molar-refractivity contribution is 5.97. The zero-order valence-corrected chi connectivity index (χ0v) is 16.4. The molecular formula is C23H30N2O2. The molecule has 27 heavy (non-hydrogen) atoms. The Balaban J connectivity index is 2.06. The molecule has 2 amide bonds. The summed E-state index contributed by atoms with van der Waals surface area (Å²) in [6.07, 6.45) is 2.44. The molecule has 0 saturated heterocycles. The summed E-state index contributed by atoms with van der Waals surface area (Å²) < 4.78 is 0. The highest BCUT2D eigenvalue weighted by Crippen LogP contribution is 2.09. The number of amides is 2. The number of carbonyl (C=O) groups is 2. The molecule has 0 heterocycles. The van der Waals surface area contributed by atoms with Crippen LogP contribution in [0.3, 0.4) is 0 Å². The van der Waals surface area contributed by atoms with Crippen molar-refractivity contribution in [3.8, 4) is 0 Å². The van der Waals surface area contributed by atoms with Crippen LogP contribution in [0.2, 0.25) is 0 Å². The third-order valence-corrected chi connectivity index (χ3v) is 4.51. The molecule has 0 spiro atoms. The maximum absolute atomic E-state index is 12.8. The molecule has 0 radical (unpaired) electrons. The first-order chi connectivity index (χ1) is 13.0. The predicted molar refractivity (Wildman–Crippen MR) is 110 cm³/mol. The van der Waals surface area contributed by atoms with Crippen LogP contribution < -0.4 is 10.6 Å². The average Bonchev–Trinajstić information content (AvgIpc) is 2.67. The maximum atomic E-state index is 12.8. The van der Waals surface area contributed by atoms with Crippen LogP contribution in [0.1, 0.15) is 49.5 Å². The summed E-state index contributed by atoms with van der Waals surface area (Å²) in [6.45, 7) is 6.36. The molecule has 2 unspecified atom stereocenters. The molecule has 2 atom stereocenters. The summed E-state index contributed by atoms with van der Waals surface area (Å²) in [7, 11) is 0. The van der Waals surface area contributed by atoms with Gasteiger partial charge in [0.25, 0.3) is 5.91 Å². The fourth-order valence-corrected chi connectivity index (χ4v) is 2.89. The molecule has 2 N–H and O–H groups in total. The molecule has 0 bridgehead atoms. The summed E-state index contributed by atoms with van der Waals surface area (Å²) in [5.41, 5.74) is 1.57. The standard InChI is InChI=1S/C23H30N2O2/c1-17(2)14-15-18(3)24-23(27)21(16-19-10-6-4-7-11-19)25-22(26)20-12-8-5-9-13-20/h4-13,17-18,21H,14-16H2,1-3H3,(H,24,27)(H,25,26). The van der Waals surface area contributed by atoms with Crippen molar-refractivity contribution in [2.45, 2.75) is 52.1 Å². The van der Waals surface area contributed by atoms with Crippen LogP contribution in [0, 0.1) is 5.92 Å². The van der Waals surface area contributed by atoms with Gasteiger partial charge in [0.15, 0.2) is 0 Å². The van der Waals surface area contributed by atoms with Crippen LogP contribution in [0.5, 0.6) is 0 Å². The molecule has 2 rings (SSSR count). The van der Waals surface area contributed by atoms with Crippen molar-refractivity contribution in [1.82, 2.24) is 10.6 Å². The predicted octanol–water partition coefficient (Wildman–Crippen LogP) is 3.97. The van der Waals surface area contributed by atoms with E-state index in [1.54, 1.807) is 12.1 Å². The van der Waals surface area contributed by atoms with E-state index >= 15 is 0 Å². The summed E-state index contributed by atoms with van der Waals surface area (Å²) in [5.74, 6) is 0.225. The third-order valence-electron chi connectivity index (χ3n) is 4.51. The van der Waals surface area contributed by atoms with Crippen molar-refractivity contribution >= 4 is 11.8 Å². The second kappa shape index (κ2) is 10.5. The smallest absolute Gasteiger partial charge is 0.251 e. The SMILES string of the molecule is CC(C)CCC(C)NC(=O)C(Cc1ccccc1)NC(=O)c1ccccc1. The molecule has 144 valence electrons. The monoisotopic (exact) mass is 366 g/mol. The Kier molecular flexibility index (Phi) is 8.05.